The molecule has 102 valence electrons. The molecular formula is C15H21N3S. The molecule has 3 nitrogen and oxygen atoms in total. The van der Waals surface area contributed by atoms with Crippen LogP contribution in [0.15, 0.2) is 29.6 Å². The van der Waals surface area contributed by atoms with Gasteiger partial charge in [-0.25, -0.2) is 4.98 Å². The van der Waals surface area contributed by atoms with Gasteiger partial charge in [0, 0.05) is 23.5 Å². The van der Waals surface area contributed by atoms with Crippen molar-refractivity contribution in [3.05, 3.63) is 51.5 Å². The number of aryl methyl sites for hydroxylation is 3. The fourth-order valence-electron chi connectivity index (χ4n) is 2.05. The molecule has 1 atom stereocenters. The van der Waals surface area contributed by atoms with Crippen LogP contribution in [0.25, 0.3) is 0 Å². The molecule has 0 saturated carbocycles. The predicted octanol–water partition coefficient (Wildman–Crippen LogP) is 2.77. The minimum atomic E-state index is 0.284. The van der Waals surface area contributed by atoms with Crippen molar-refractivity contribution in [3.63, 3.8) is 0 Å². The first-order chi connectivity index (χ1) is 9.17. The van der Waals surface area contributed by atoms with Gasteiger partial charge in [0.15, 0.2) is 0 Å². The van der Waals surface area contributed by atoms with Crippen molar-refractivity contribution in [2.24, 2.45) is 5.84 Å². The molecule has 1 heterocycles. The van der Waals surface area contributed by atoms with Crippen molar-refractivity contribution in [3.8, 4) is 0 Å². The second-order valence-corrected chi connectivity index (χ2v) is 5.92. The number of nitrogens with two attached hydrogens (primary N) is 1. The Morgan fingerprint density at radius 3 is 2.58 bits per heavy atom. The lowest BCUT2D eigenvalue weighted by Gasteiger charge is -2.14. The Morgan fingerprint density at radius 2 is 2.00 bits per heavy atom. The number of rotatable bonds is 6. The number of hydrogen-bond acceptors (Lipinski definition) is 4. The summed E-state index contributed by atoms with van der Waals surface area (Å²) in [5.41, 5.74) is 6.66. The molecule has 1 aromatic heterocycles. The maximum absolute atomic E-state index is 5.64. The molecule has 1 unspecified atom stereocenters. The van der Waals surface area contributed by atoms with Crippen molar-refractivity contribution in [1.29, 1.82) is 0 Å². The van der Waals surface area contributed by atoms with E-state index in [0.717, 1.165) is 30.0 Å². The first kappa shape index (κ1) is 14.2. The van der Waals surface area contributed by atoms with Gasteiger partial charge in [0.1, 0.15) is 0 Å². The lowest BCUT2D eigenvalue weighted by molar-refractivity contribution is 0.490. The van der Waals surface area contributed by atoms with Gasteiger partial charge in [0.05, 0.1) is 5.01 Å². The van der Waals surface area contributed by atoms with Crippen LogP contribution >= 0.6 is 11.3 Å². The summed E-state index contributed by atoms with van der Waals surface area (Å²) in [7, 11) is 0. The molecule has 0 aliphatic carbocycles. The second kappa shape index (κ2) is 6.80. The summed E-state index contributed by atoms with van der Waals surface area (Å²) in [6.45, 7) is 4.13. The van der Waals surface area contributed by atoms with Crippen molar-refractivity contribution in [1.82, 2.24) is 10.4 Å². The summed E-state index contributed by atoms with van der Waals surface area (Å²) >= 11 is 1.71. The quantitative estimate of drug-likeness (QED) is 0.629. The van der Waals surface area contributed by atoms with Crippen molar-refractivity contribution in [2.45, 2.75) is 39.2 Å². The van der Waals surface area contributed by atoms with Gasteiger partial charge >= 0.3 is 0 Å². The highest BCUT2D eigenvalue weighted by molar-refractivity contribution is 7.09. The number of hydrazine groups is 1. The second-order valence-electron chi connectivity index (χ2n) is 4.97. The van der Waals surface area contributed by atoms with Gasteiger partial charge in [0.25, 0.3) is 0 Å². The van der Waals surface area contributed by atoms with Crippen LogP contribution in [-0.4, -0.2) is 11.0 Å². The van der Waals surface area contributed by atoms with E-state index in [1.807, 2.05) is 6.92 Å². The molecule has 19 heavy (non-hydrogen) atoms. The van der Waals surface area contributed by atoms with Gasteiger partial charge < -0.3 is 0 Å². The van der Waals surface area contributed by atoms with E-state index < -0.39 is 0 Å². The highest BCUT2D eigenvalue weighted by atomic mass is 32.1. The molecular weight excluding hydrogens is 254 g/mol. The van der Waals surface area contributed by atoms with E-state index in [9.17, 15) is 0 Å². The van der Waals surface area contributed by atoms with Crippen LogP contribution < -0.4 is 11.3 Å². The van der Waals surface area contributed by atoms with Crippen molar-refractivity contribution < 1.29 is 0 Å². The van der Waals surface area contributed by atoms with Crippen molar-refractivity contribution >= 4 is 11.3 Å². The Hall–Kier alpha value is -1.23. The summed E-state index contributed by atoms with van der Waals surface area (Å²) in [5, 5.41) is 3.24. The van der Waals surface area contributed by atoms with Gasteiger partial charge in [-0.15, -0.1) is 11.3 Å². The number of aromatic nitrogens is 1. The predicted molar refractivity (Wildman–Crippen MR) is 81.2 cm³/mol. The lowest BCUT2D eigenvalue weighted by Crippen LogP contribution is -2.37. The first-order valence-corrected chi connectivity index (χ1v) is 7.48. The van der Waals surface area contributed by atoms with Crippen molar-refractivity contribution in [2.75, 3.05) is 0 Å². The maximum Gasteiger partial charge on any atom is 0.0944 e. The summed E-state index contributed by atoms with van der Waals surface area (Å²) in [4.78, 5) is 4.49. The SMILES string of the molecule is Cc1ccc(CCC(Cc2nc(C)cs2)NN)cc1. The van der Waals surface area contributed by atoms with E-state index in [0.29, 0.717) is 0 Å². The van der Waals surface area contributed by atoms with Crippen LogP contribution in [0.4, 0.5) is 0 Å². The van der Waals surface area contributed by atoms with Gasteiger partial charge in [0.2, 0.25) is 0 Å². The summed E-state index contributed by atoms with van der Waals surface area (Å²) < 4.78 is 0. The third-order valence-electron chi connectivity index (χ3n) is 3.23. The fourth-order valence-corrected chi connectivity index (χ4v) is 2.90. The molecule has 0 saturated heterocycles. The third kappa shape index (κ3) is 4.42. The molecule has 0 radical (unpaired) electrons. The Labute approximate surface area is 118 Å². The van der Waals surface area contributed by atoms with Crippen LogP contribution in [0.2, 0.25) is 0 Å². The number of hydrogen-bond donors (Lipinski definition) is 2. The Kier molecular flexibility index (Phi) is 5.07. The number of thiazole rings is 1. The average Bonchev–Trinajstić information content (AvgIpc) is 2.82. The molecule has 0 spiro atoms. The molecule has 0 bridgehead atoms. The maximum atomic E-state index is 5.64. The zero-order valence-electron chi connectivity index (χ0n) is 11.5. The van der Waals surface area contributed by atoms with Crippen LogP contribution in [-0.2, 0) is 12.8 Å². The van der Waals surface area contributed by atoms with E-state index in [2.05, 4.69) is 47.0 Å². The monoisotopic (exact) mass is 275 g/mol. The zero-order chi connectivity index (χ0) is 13.7. The van der Waals surface area contributed by atoms with Crippen LogP contribution in [0, 0.1) is 13.8 Å². The standard InChI is InChI=1S/C15H21N3S/c1-11-3-5-13(6-4-11)7-8-14(18-16)9-15-17-12(2)10-19-15/h3-6,10,14,18H,7-9,16H2,1-2H3. The van der Waals surface area contributed by atoms with Gasteiger partial charge in [-0.05, 0) is 32.3 Å². The summed E-state index contributed by atoms with van der Waals surface area (Å²) in [5.74, 6) is 5.64. The molecule has 2 aromatic rings. The molecule has 3 N–H and O–H groups in total. The molecule has 0 fully saturated rings. The highest BCUT2D eigenvalue weighted by Crippen LogP contribution is 2.14. The topological polar surface area (TPSA) is 50.9 Å². The molecule has 2 rings (SSSR count). The highest BCUT2D eigenvalue weighted by Gasteiger charge is 2.10. The number of nitrogens with one attached hydrogen (secondary N) is 1. The molecule has 0 aliphatic rings. The molecule has 0 aliphatic heterocycles. The van der Waals surface area contributed by atoms with Crippen LogP contribution in [0.5, 0.6) is 0 Å². The Bertz CT molecular complexity index is 504. The largest absolute Gasteiger partial charge is 0.271 e. The van der Waals surface area contributed by atoms with Gasteiger partial charge in [-0.1, -0.05) is 29.8 Å². The first-order valence-electron chi connectivity index (χ1n) is 6.60. The Morgan fingerprint density at radius 1 is 1.26 bits per heavy atom. The molecule has 4 heteroatoms. The smallest absolute Gasteiger partial charge is 0.0944 e. The summed E-state index contributed by atoms with van der Waals surface area (Å²) in [6.07, 6.45) is 2.97. The number of benzene rings is 1. The summed E-state index contributed by atoms with van der Waals surface area (Å²) in [6, 6.07) is 8.98. The minimum Gasteiger partial charge on any atom is -0.271 e. The molecule has 0 amide bonds. The van der Waals surface area contributed by atoms with E-state index >= 15 is 0 Å². The lowest BCUT2D eigenvalue weighted by atomic mass is 10.0. The fraction of sp³-hybridized carbons (Fsp3) is 0.400. The van der Waals surface area contributed by atoms with Crippen LogP contribution in [0.3, 0.4) is 0 Å². The van der Waals surface area contributed by atoms with Gasteiger partial charge in [-0.3, -0.25) is 11.3 Å². The Balaban J connectivity index is 1.87. The van der Waals surface area contributed by atoms with Crippen LogP contribution in [0.1, 0.15) is 28.2 Å². The average molecular weight is 275 g/mol. The number of nitrogens with zero attached hydrogens (tertiary/aromatic N) is 1. The zero-order valence-corrected chi connectivity index (χ0v) is 12.3. The van der Waals surface area contributed by atoms with Gasteiger partial charge in [-0.2, -0.15) is 0 Å². The third-order valence-corrected chi connectivity index (χ3v) is 4.21. The normalized spacial score (nSPS) is 12.6. The van der Waals surface area contributed by atoms with E-state index in [-0.39, 0.29) is 6.04 Å². The minimum absolute atomic E-state index is 0.284. The van der Waals surface area contributed by atoms with E-state index in [1.54, 1.807) is 11.3 Å². The van der Waals surface area contributed by atoms with E-state index in [1.165, 1.54) is 11.1 Å². The molecule has 1 aromatic carbocycles. The van der Waals surface area contributed by atoms with E-state index in [4.69, 9.17) is 5.84 Å².